The van der Waals surface area contributed by atoms with Gasteiger partial charge in [-0.3, -0.25) is 4.99 Å². The largest absolute Gasteiger partial charge is 0.494 e. The SMILES string of the molecule is CC(C)CN=C(N)NCCCOc1ccccc1. The minimum atomic E-state index is 0.517. The van der Waals surface area contributed by atoms with Crippen LogP contribution >= 0.6 is 0 Å². The first-order valence-corrected chi connectivity index (χ1v) is 6.40. The van der Waals surface area contributed by atoms with Crippen LogP contribution in [0.5, 0.6) is 5.75 Å². The van der Waals surface area contributed by atoms with Crippen molar-refractivity contribution in [1.82, 2.24) is 5.32 Å². The average molecular weight is 249 g/mol. The third-order valence-electron chi connectivity index (χ3n) is 2.27. The van der Waals surface area contributed by atoms with E-state index >= 15 is 0 Å². The third-order valence-corrected chi connectivity index (χ3v) is 2.27. The van der Waals surface area contributed by atoms with Crippen LogP contribution in [0.1, 0.15) is 20.3 Å². The monoisotopic (exact) mass is 249 g/mol. The molecular weight excluding hydrogens is 226 g/mol. The van der Waals surface area contributed by atoms with Gasteiger partial charge in [-0.05, 0) is 24.5 Å². The van der Waals surface area contributed by atoms with E-state index in [9.17, 15) is 0 Å². The minimum absolute atomic E-state index is 0.517. The predicted octanol–water partition coefficient (Wildman–Crippen LogP) is 2.02. The number of hydrogen-bond donors (Lipinski definition) is 2. The fraction of sp³-hybridized carbons (Fsp3) is 0.500. The van der Waals surface area contributed by atoms with Crippen molar-refractivity contribution in [2.45, 2.75) is 20.3 Å². The highest BCUT2D eigenvalue weighted by molar-refractivity contribution is 5.77. The number of nitrogens with one attached hydrogen (secondary N) is 1. The van der Waals surface area contributed by atoms with Gasteiger partial charge in [-0.1, -0.05) is 32.0 Å². The molecule has 18 heavy (non-hydrogen) atoms. The summed E-state index contributed by atoms with van der Waals surface area (Å²) in [5.74, 6) is 1.95. The quantitative estimate of drug-likeness (QED) is 0.441. The van der Waals surface area contributed by atoms with E-state index in [0.29, 0.717) is 18.5 Å². The molecule has 0 radical (unpaired) electrons. The van der Waals surface area contributed by atoms with Crippen molar-refractivity contribution >= 4 is 5.96 Å². The molecule has 4 heteroatoms. The van der Waals surface area contributed by atoms with Crippen LogP contribution in [0.15, 0.2) is 35.3 Å². The summed E-state index contributed by atoms with van der Waals surface area (Å²) in [6.07, 6.45) is 0.896. The second-order valence-corrected chi connectivity index (χ2v) is 4.56. The normalized spacial score (nSPS) is 11.6. The summed E-state index contributed by atoms with van der Waals surface area (Å²) in [4.78, 5) is 4.22. The van der Waals surface area contributed by atoms with Gasteiger partial charge in [-0.15, -0.1) is 0 Å². The number of rotatable bonds is 7. The smallest absolute Gasteiger partial charge is 0.188 e. The van der Waals surface area contributed by atoms with E-state index < -0.39 is 0 Å². The van der Waals surface area contributed by atoms with E-state index in [0.717, 1.165) is 25.3 Å². The lowest BCUT2D eigenvalue weighted by molar-refractivity contribution is 0.311. The van der Waals surface area contributed by atoms with Crippen molar-refractivity contribution in [1.29, 1.82) is 0 Å². The Kier molecular flexibility index (Phi) is 6.69. The van der Waals surface area contributed by atoms with Gasteiger partial charge in [-0.2, -0.15) is 0 Å². The topological polar surface area (TPSA) is 59.6 Å². The highest BCUT2D eigenvalue weighted by Crippen LogP contribution is 2.07. The first kappa shape index (κ1) is 14.4. The Morgan fingerprint density at radius 1 is 1.33 bits per heavy atom. The molecule has 0 amide bonds. The number of aliphatic imine (C=N–C) groups is 1. The minimum Gasteiger partial charge on any atom is -0.494 e. The van der Waals surface area contributed by atoms with E-state index in [1.54, 1.807) is 0 Å². The fourth-order valence-electron chi connectivity index (χ4n) is 1.33. The molecule has 0 atom stereocenters. The number of guanidine groups is 1. The van der Waals surface area contributed by atoms with Crippen LogP contribution in [0.25, 0.3) is 0 Å². The molecule has 1 aromatic rings. The second-order valence-electron chi connectivity index (χ2n) is 4.56. The van der Waals surface area contributed by atoms with Crippen LogP contribution in [-0.2, 0) is 0 Å². The third kappa shape index (κ3) is 6.78. The maximum absolute atomic E-state index is 5.71. The highest BCUT2D eigenvalue weighted by atomic mass is 16.5. The van der Waals surface area contributed by atoms with Crippen molar-refractivity contribution in [3.05, 3.63) is 30.3 Å². The van der Waals surface area contributed by atoms with Crippen LogP contribution < -0.4 is 15.8 Å². The fourth-order valence-corrected chi connectivity index (χ4v) is 1.33. The molecule has 0 aliphatic heterocycles. The van der Waals surface area contributed by atoms with Gasteiger partial charge >= 0.3 is 0 Å². The lowest BCUT2D eigenvalue weighted by atomic mass is 10.2. The molecule has 100 valence electrons. The van der Waals surface area contributed by atoms with Gasteiger partial charge in [0.25, 0.3) is 0 Å². The van der Waals surface area contributed by atoms with Crippen LogP contribution in [-0.4, -0.2) is 25.7 Å². The Hall–Kier alpha value is -1.71. The van der Waals surface area contributed by atoms with Crippen LogP contribution in [0.4, 0.5) is 0 Å². The standard InChI is InChI=1S/C14H23N3O/c1-12(2)11-17-14(15)16-9-6-10-18-13-7-4-3-5-8-13/h3-5,7-8,12H,6,9-11H2,1-2H3,(H3,15,16,17). The van der Waals surface area contributed by atoms with Crippen LogP contribution in [0.2, 0.25) is 0 Å². The summed E-state index contributed by atoms with van der Waals surface area (Å²) in [5.41, 5.74) is 5.71. The number of ether oxygens (including phenoxy) is 1. The zero-order valence-corrected chi connectivity index (χ0v) is 11.2. The summed E-state index contributed by atoms with van der Waals surface area (Å²) in [6, 6.07) is 9.80. The molecule has 0 spiro atoms. The number of nitrogens with two attached hydrogens (primary N) is 1. The first-order chi connectivity index (χ1) is 8.68. The molecule has 0 unspecified atom stereocenters. The number of benzene rings is 1. The summed E-state index contributed by atoms with van der Waals surface area (Å²) in [7, 11) is 0. The maximum Gasteiger partial charge on any atom is 0.188 e. The Balaban J connectivity index is 2.07. The molecule has 1 rings (SSSR count). The molecule has 0 saturated carbocycles. The van der Waals surface area contributed by atoms with Gasteiger partial charge < -0.3 is 15.8 Å². The summed E-state index contributed by atoms with van der Waals surface area (Å²) < 4.78 is 5.57. The molecule has 1 aromatic carbocycles. The lowest BCUT2D eigenvalue weighted by Gasteiger charge is -2.08. The van der Waals surface area contributed by atoms with Crippen molar-refractivity contribution in [3.8, 4) is 5.75 Å². The van der Waals surface area contributed by atoms with Crippen molar-refractivity contribution < 1.29 is 4.74 Å². The summed E-state index contributed by atoms with van der Waals surface area (Å²) in [5, 5.41) is 3.07. The Labute approximate surface area is 109 Å². The maximum atomic E-state index is 5.71. The first-order valence-electron chi connectivity index (χ1n) is 6.40. The van der Waals surface area contributed by atoms with Gasteiger partial charge in [0.1, 0.15) is 5.75 Å². The molecule has 3 N–H and O–H groups in total. The van der Waals surface area contributed by atoms with Gasteiger partial charge in [0, 0.05) is 13.1 Å². The summed E-state index contributed by atoms with van der Waals surface area (Å²) in [6.45, 7) is 6.45. The molecule has 0 aliphatic carbocycles. The van der Waals surface area contributed by atoms with E-state index in [1.807, 2.05) is 30.3 Å². The predicted molar refractivity (Wildman–Crippen MR) is 75.9 cm³/mol. The number of hydrogen-bond acceptors (Lipinski definition) is 2. The average Bonchev–Trinajstić information content (AvgIpc) is 2.37. The molecule has 0 bridgehead atoms. The lowest BCUT2D eigenvalue weighted by Crippen LogP contribution is -2.33. The number of para-hydroxylation sites is 1. The molecule has 0 aliphatic rings. The summed E-state index contributed by atoms with van der Waals surface area (Å²) >= 11 is 0. The molecule has 0 saturated heterocycles. The van der Waals surface area contributed by atoms with Gasteiger partial charge in [0.05, 0.1) is 6.61 Å². The van der Waals surface area contributed by atoms with E-state index in [1.165, 1.54) is 0 Å². The van der Waals surface area contributed by atoms with Gasteiger partial charge in [0.15, 0.2) is 5.96 Å². The molecule has 0 aromatic heterocycles. The Morgan fingerprint density at radius 2 is 2.06 bits per heavy atom. The van der Waals surface area contributed by atoms with Crippen LogP contribution in [0.3, 0.4) is 0 Å². The Bertz CT molecular complexity index is 349. The van der Waals surface area contributed by atoms with E-state index in [2.05, 4.69) is 24.2 Å². The zero-order chi connectivity index (χ0) is 13.2. The number of nitrogens with zero attached hydrogens (tertiary/aromatic N) is 1. The molecular formula is C14H23N3O. The van der Waals surface area contributed by atoms with E-state index in [-0.39, 0.29) is 0 Å². The zero-order valence-electron chi connectivity index (χ0n) is 11.2. The molecule has 4 nitrogen and oxygen atoms in total. The Morgan fingerprint density at radius 3 is 2.72 bits per heavy atom. The second kappa shape index (κ2) is 8.39. The van der Waals surface area contributed by atoms with Gasteiger partial charge in [0.2, 0.25) is 0 Å². The van der Waals surface area contributed by atoms with E-state index in [4.69, 9.17) is 10.5 Å². The van der Waals surface area contributed by atoms with Crippen molar-refractivity contribution in [2.24, 2.45) is 16.6 Å². The highest BCUT2D eigenvalue weighted by Gasteiger charge is 1.95. The molecule has 0 fully saturated rings. The molecule has 0 heterocycles. The van der Waals surface area contributed by atoms with Crippen molar-refractivity contribution in [3.63, 3.8) is 0 Å². The van der Waals surface area contributed by atoms with Crippen molar-refractivity contribution in [2.75, 3.05) is 19.7 Å². The van der Waals surface area contributed by atoms with Crippen LogP contribution in [0, 0.1) is 5.92 Å². The van der Waals surface area contributed by atoms with Gasteiger partial charge in [-0.25, -0.2) is 0 Å².